The predicted molar refractivity (Wildman–Crippen MR) is 105 cm³/mol. The summed E-state index contributed by atoms with van der Waals surface area (Å²) in [6.07, 6.45) is 1.46. The Morgan fingerprint density at radius 1 is 1.23 bits per heavy atom. The average molecular weight is 408 g/mol. The summed E-state index contributed by atoms with van der Waals surface area (Å²) >= 11 is 13.4. The molecule has 0 aliphatic carbocycles. The summed E-state index contributed by atoms with van der Waals surface area (Å²) in [6.45, 7) is 1.77. The van der Waals surface area contributed by atoms with Crippen LogP contribution >= 0.6 is 35.0 Å². The number of nitrogens with one attached hydrogen (secondary N) is 1. The van der Waals surface area contributed by atoms with Crippen molar-refractivity contribution in [2.75, 3.05) is 11.1 Å². The van der Waals surface area contributed by atoms with Crippen LogP contribution < -0.4 is 5.32 Å². The van der Waals surface area contributed by atoms with Crippen LogP contribution in [0.4, 0.5) is 5.82 Å². The van der Waals surface area contributed by atoms with Gasteiger partial charge in [0.2, 0.25) is 5.91 Å². The van der Waals surface area contributed by atoms with Gasteiger partial charge in [-0.3, -0.25) is 4.79 Å². The van der Waals surface area contributed by atoms with Crippen LogP contribution in [-0.4, -0.2) is 31.4 Å². The van der Waals surface area contributed by atoms with Crippen LogP contribution in [0.15, 0.2) is 41.7 Å². The van der Waals surface area contributed by atoms with Gasteiger partial charge >= 0.3 is 0 Å². The molecule has 1 aromatic carbocycles. The molecule has 134 valence electrons. The molecule has 9 heteroatoms. The van der Waals surface area contributed by atoms with E-state index in [1.165, 1.54) is 18.0 Å². The van der Waals surface area contributed by atoms with E-state index in [-0.39, 0.29) is 11.7 Å². The first-order valence-electron chi connectivity index (χ1n) is 7.65. The maximum absolute atomic E-state index is 12.2. The Morgan fingerprint density at radius 3 is 2.69 bits per heavy atom. The van der Waals surface area contributed by atoms with Gasteiger partial charge < -0.3 is 9.88 Å². The zero-order valence-corrected chi connectivity index (χ0v) is 16.4. The summed E-state index contributed by atoms with van der Waals surface area (Å²) in [5.41, 5.74) is 1.64. The second-order valence-electron chi connectivity index (χ2n) is 5.46. The van der Waals surface area contributed by atoms with E-state index < -0.39 is 0 Å². The molecule has 3 rings (SSSR count). The van der Waals surface area contributed by atoms with Crippen molar-refractivity contribution in [2.24, 2.45) is 7.05 Å². The molecule has 0 radical (unpaired) electrons. The molecule has 0 unspecified atom stereocenters. The van der Waals surface area contributed by atoms with Crippen LogP contribution in [0.3, 0.4) is 0 Å². The Kier molecular flexibility index (Phi) is 5.80. The van der Waals surface area contributed by atoms with Crippen molar-refractivity contribution < 1.29 is 4.79 Å². The second kappa shape index (κ2) is 8.07. The van der Waals surface area contributed by atoms with Crippen LogP contribution in [0.25, 0.3) is 11.4 Å². The molecule has 3 aromatic rings. The minimum absolute atomic E-state index is 0.153. The first kappa shape index (κ1) is 18.7. The number of carbonyl (C=O) groups is 1. The fourth-order valence-corrected chi connectivity index (χ4v) is 3.32. The number of hydrogen-bond acceptors (Lipinski definition) is 5. The van der Waals surface area contributed by atoms with Gasteiger partial charge in [-0.1, -0.05) is 65.3 Å². The molecule has 0 saturated heterocycles. The number of anilines is 1. The van der Waals surface area contributed by atoms with Gasteiger partial charge in [-0.15, -0.1) is 10.2 Å². The molecular formula is C17H15Cl2N5OS. The SMILES string of the molecule is Cc1c(Cl)cnc(NC(=O)CSc2nnc(-c3ccccc3)n2C)c1Cl. The molecule has 2 heterocycles. The third-order valence-electron chi connectivity index (χ3n) is 3.66. The highest BCUT2D eigenvalue weighted by Gasteiger charge is 2.15. The van der Waals surface area contributed by atoms with E-state index in [9.17, 15) is 4.79 Å². The van der Waals surface area contributed by atoms with Gasteiger partial charge in [0.1, 0.15) is 0 Å². The summed E-state index contributed by atoms with van der Waals surface area (Å²) in [5.74, 6) is 0.949. The number of benzene rings is 1. The molecule has 2 aromatic heterocycles. The van der Waals surface area contributed by atoms with Gasteiger partial charge in [-0.05, 0) is 12.5 Å². The first-order valence-corrected chi connectivity index (χ1v) is 9.39. The van der Waals surface area contributed by atoms with Crippen LogP contribution in [0, 0.1) is 6.92 Å². The monoisotopic (exact) mass is 407 g/mol. The molecule has 0 atom stereocenters. The fraction of sp³-hybridized carbons (Fsp3) is 0.176. The second-order valence-corrected chi connectivity index (χ2v) is 7.19. The Labute approximate surface area is 164 Å². The summed E-state index contributed by atoms with van der Waals surface area (Å²) in [4.78, 5) is 16.3. The zero-order valence-electron chi connectivity index (χ0n) is 14.0. The quantitative estimate of drug-likeness (QED) is 0.640. The van der Waals surface area contributed by atoms with E-state index in [1.54, 1.807) is 6.92 Å². The minimum Gasteiger partial charge on any atom is -0.309 e. The maximum Gasteiger partial charge on any atom is 0.236 e. The van der Waals surface area contributed by atoms with Crippen LogP contribution in [0.1, 0.15) is 5.56 Å². The standard InChI is InChI=1S/C17H15Cl2N5OS/c1-10-12(18)8-20-15(14(10)19)21-13(25)9-26-17-23-22-16(24(17)2)11-6-4-3-5-7-11/h3-8H,9H2,1-2H3,(H,20,21,25). The highest BCUT2D eigenvalue weighted by molar-refractivity contribution is 7.99. The van der Waals surface area contributed by atoms with Gasteiger partial charge in [0, 0.05) is 18.8 Å². The topological polar surface area (TPSA) is 72.7 Å². The molecule has 0 aliphatic rings. The molecule has 0 aliphatic heterocycles. The predicted octanol–water partition coefficient (Wildman–Crippen LogP) is 4.22. The normalized spacial score (nSPS) is 10.8. The molecule has 0 bridgehead atoms. The minimum atomic E-state index is -0.240. The van der Waals surface area contributed by atoms with Gasteiger partial charge in [0.05, 0.1) is 15.8 Å². The number of aromatic nitrogens is 4. The summed E-state index contributed by atoms with van der Waals surface area (Å²) in [7, 11) is 1.86. The summed E-state index contributed by atoms with van der Waals surface area (Å²) in [5, 5.41) is 12.5. The molecule has 6 nitrogen and oxygen atoms in total. The van der Waals surface area contributed by atoms with Crippen molar-refractivity contribution in [1.82, 2.24) is 19.7 Å². The van der Waals surface area contributed by atoms with Crippen LogP contribution in [0.5, 0.6) is 0 Å². The van der Waals surface area contributed by atoms with Crippen molar-refractivity contribution in [1.29, 1.82) is 0 Å². The number of nitrogens with zero attached hydrogens (tertiary/aromatic N) is 4. The third kappa shape index (κ3) is 4.00. The molecule has 26 heavy (non-hydrogen) atoms. The van der Waals surface area contributed by atoms with E-state index in [2.05, 4.69) is 20.5 Å². The number of amides is 1. The molecule has 0 saturated carbocycles. The van der Waals surface area contributed by atoms with E-state index in [1.807, 2.05) is 41.9 Å². The molecule has 0 fully saturated rings. The maximum atomic E-state index is 12.2. The number of halogens is 2. The van der Waals surface area contributed by atoms with E-state index in [0.717, 1.165) is 11.4 Å². The van der Waals surface area contributed by atoms with E-state index in [4.69, 9.17) is 23.2 Å². The number of carbonyl (C=O) groups excluding carboxylic acids is 1. The van der Waals surface area contributed by atoms with Gasteiger partial charge in [-0.25, -0.2) is 4.98 Å². The number of hydrogen-bond donors (Lipinski definition) is 1. The highest BCUT2D eigenvalue weighted by Crippen LogP contribution is 2.29. The Morgan fingerprint density at radius 2 is 1.96 bits per heavy atom. The first-order chi connectivity index (χ1) is 12.5. The lowest BCUT2D eigenvalue weighted by atomic mass is 10.2. The van der Waals surface area contributed by atoms with Crippen molar-refractivity contribution in [3.8, 4) is 11.4 Å². The van der Waals surface area contributed by atoms with Crippen LogP contribution in [0.2, 0.25) is 10.0 Å². The lowest BCUT2D eigenvalue weighted by Crippen LogP contribution is -2.16. The van der Waals surface area contributed by atoms with Gasteiger partial charge in [-0.2, -0.15) is 0 Å². The largest absolute Gasteiger partial charge is 0.309 e. The van der Waals surface area contributed by atoms with Crippen molar-refractivity contribution >= 4 is 46.7 Å². The molecule has 0 spiro atoms. The Balaban J connectivity index is 1.66. The zero-order chi connectivity index (χ0) is 18.7. The average Bonchev–Trinajstić information content (AvgIpc) is 3.02. The Bertz CT molecular complexity index is 946. The van der Waals surface area contributed by atoms with Crippen molar-refractivity contribution in [3.63, 3.8) is 0 Å². The summed E-state index contributed by atoms with van der Waals surface area (Å²) in [6, 6.07) is 9.74. The molecular weight excluding hydrogens is 393 g/mol. The number of pyridine rings is 1. The van der Waals surface area contributed by atoms with Gasteiger partial charge in [0.25, 0.3) is 0 Å². The molecule has 1 amide bonds. The van der Waals surface area contributed by atoms with Crippen molar-refractivity contribution in [2.45, 2.75) is 12.1 Å². The smallest absolute Gasteiger partial charge is 0.236 e. The fourth-order valence-electron chi connectivity index (χ4n) is 2.22. The van der Waals surface area contributed by atoms with Crippen molar-refractivity contribution in [3.05, 3.63) is 52.1 Å². The Hall–Kier alpha value is -2.09. The lowest BCUT2D eigenvalue weighted by Gasteiger charge is -2.09. The van der Waals surface area contributed by atoms with E-state index in [0.29, 0.717) is 26.6 Å². The lowest BCUT2D eigenvalue weighted by molar-refractivity contribution is -0.113. The molecule has 1 N–H and O–H groups in total. The highest BCUT2D eigenvalue weighted by atomic mass is 35.5. The number of thioether (sulfide) groups is 1. The third-order valence-corrected chi connectivity index (χ3v) is 5.52. The van der Waals surface area contributed by atoms with Crippen LogP contribution in [-0.2, 0) is 11.8 Å². The summed E-state index contributed by atoms with van der Waals surface area (Å²) < 4.78 is 1.85. The number of rotatable bonds is 5. The van der Waals surface area contributed by atoms with E-state index >= 15 is 0 Å². The van der Waals surface area contributed by atoms with Gasteiger partial charge in [0.15, 0.2) is 16.8 Å².